The predicted octanol–water partition coefficient (Wildman–Crippen LogP) is 3.70. The first-order valence-corrected chi connectivity index (χ1v) is 15.5. The van der Waals surface area contributed by atoms with Gasteiger partial charge >= 0.3 is 0 Å². The summed E-state index contributed by atoms with van der Waals surface area (Å²) in [5.74, 6) is 0.493. The van der Waals surface area contributed by atoms with Crippen LogP contribution in [0.2, 0.25) is 0 Å². The molecule has 218 valence electrons. The van der Waals surface area contributed by atoms with E-state index in [1.807, 2.05) is 54.6 Å². The Morgan fingerprint density at radius 1 is 0.927 bits per heavy atom. The van der Waals surface area contributed by atoms with Crippen LogP contribution >= 0.6 is 11.8 Å². The van der Waals surface area contributed by atoms with Gasteiger partial charge < -0.3 is 26.6 Å². The molecule has 0 saturated carbocycles. The highest BCUT2D eigenvalue weighted by Gasteiger charge is 2.27. The molecule has 0 spiro atoms. The molecule has 3 amide bonds. The molecule has 0 radical (unpaired) electrons. The van der Waals surface area contributed by atoms with E-state index < -0.39 is 6.04 Å². The van der Waals surface area contributed by atoms with E-state index in [-0.39, 0.29) is 24.1 Å². The second-order valence-electron chi connectivity index (χ2n) is 10.3. The van der Waals surface area contributed by atoms with E-state index in [2.05, 4.69) is 17.4 Å². The lowest BCUT2D eigenvalue weighted by atomic mass is 10.0. The van der Waals surface area contributed by atoms with Crippen LogP contribution in [0.5, 0.6) is 0 Å². The molecule has 9 heteroatoms. The maximum absolute atomic E-state index is 13.8. The molecule has 3 aromatic carbocycles. The van der Waals surface area contributed by atoms with Crippen molar-refractivity contribution in [3.63, 3.8) is 0 Å². The van der Waals surface area contributed by atoms with Gasteiger partial charge in [-0.05, 0) is 60.8 Å². The molecule has 1 aliphatic heterocycles. The second kappa shape index (κ2) is 15.6. The quantitative estimate of drug-likeness (QED) is 0.270. The number of nitrogens with two attached hydrogens (primary N) is 2. The highest BCUT2D eigenvalue weighted by Crippen LogP contribution is 2.34. The first-order chi connectivity index (χ1) is 20.0. The van der Waals surface area contributed by atoms with Crippen molar-refractivity contribution in [2.24, 2.45) is 11.5 Å². The Morgan fingerprint density at radius 3 is 2.39 bits per heavy atom. The molecule has 0 unspecified atom stereocenters. The summed E-state index contributed by atoms with van der Waals surface area (Å²) < 4.78 is 0. The number of benzene rings is 3. The number of hydrogen-bond acceptors (Lipinski definition) is 6. The van der Waals surface area contributed by atoms with Gasteiger partial charge in [0.1, 0.15) is 6.04 Å². The smallest absolute Gasteiger partial charge is 0.245 e. The molecule has 8 nitrogen and oxygen atoms in total. The van der Waals surface area contributed by atoms with Crippen molar-refractivity contribution in [3.05, 3.63) is 72.3 Å². The molecule has 5 N–H and O–H groups in total. The highest BCUT2D eigenvalue weighted by molar-refractivity contribution is 7.99. The SMILES string of the molecule is NCCCN(CCCN)C(=O)[C@@H](Cc1ccc2ccccc2c1)NC(=O)CCCN1C(=O)CCSc2ccccc21. The average Bonchev–Trinajstić information content (AvgIpc) is 3.14. The summed E-state index contributed by atoms with van der Waals surface area (Å²) in [6.45, 7) is 2.45. The Hall–Kier alpha value is -3.40. The van der Waals surface area contributed by atoms with Crippen LogP contribution in [0.3, 0.4) is 0 Å². The fourth-order valence-electron chi connectivity index (χ4n) is 5.15. The first-order valence-electron chi connectivity index (χ1n) is 14.5. The predicted molar refractivity (Wildman–Crippen MR) is 167 cm³/mol. The van der Waals surface area contributed by atoms with Gasteiger partial charge in [0, 0.05) is 49.5 Å². The van der Waals surface area contributed by atoms with Gasteiger partial charge in [-0.3, -0.25) is 14.4 Å². The molecular formula is C32H41N5O3S. The molecule has 0 fully saturated rings. The maximum atomic E-state index is 13.8. The number of nitrogens with one attached hydrogen (secondary N) is 1. The zero-order valence-electron chi connectivity index (χ0n) is 23.6. The Bertz CT molecular complexity index is 1330. The summed E-state index contributed by atoms with van der Waals surface area (Å²) in [4.78, 5) is 44.4. The molecule has 0 aliphatic carbocycles. The normalized spacial score (nSPS) is 13.9. The van der Waals surface area contributed by atoms with Gasteiger partial charge in [-0.1, -0.05) is 54.6 Å². The second-order valence-corrected chi connectivity index (χ2v) is 11.5. The van der Waals surface area contributed by atoms with Gasteiger partial charge in [-0.15, -0.1) is 11.8 Å². The lowest BCUT2D eigenvalue weighted by molar-refractivity contribution is -0.136. The number of carbonyl (C=O) groups excluding carboxylic acids is 3. The van der Waals surface area contributed by atoms with Gasteiger partial charge in [0.05, 0.1) is 5.69 Å². The first kappa shape index (κ1) is 30.6. The van der Waals surface area contributed by atoms with Crippen molar-refractivity contribution in [2.75, 3.05) is 43.4 Å². The third-order valence-electron chi connectivity index (χ3n) is 7.28. The summed E-state index contributed by atoms with van der Waals surface area (Å²) in [7, 11) is 0. The van der Waals surface area contributed by atoms with Crippen LogP contribution in [0, 0.1) is 0 Å². The molecular weight excluding hydrogens is 534 g/mol. The molecule has 1 heterocycles. The van der Waals surface area contributed by atoms with E-state index in [1.54, 1.807) is 21.6 Å². The standard InChI is InChI=1S/C32H41N5O3S/c33-16-6-18-36(19-7-17-34)32(40)27(23-24-13-14-25-8-1-2-9-26(25)22-24)35-30(38)12-5-20-37-28-10-3-4-11-29(28)41-21-15-31(37)39/h1-4,8-11,13-14,22,27H,5-7,12,15-21,23,33-34H2,(H,35,38)/t27-/m1/s1. The number of para-hydroxylation sites is 1. The van der Waals surface area contributed by atoms with Crippen molar-refractivity contribution >= 4 is 45.9 Å². The number of anilines is 1. The van der Waals surface area contributed by atoms with Gasteiger partial charge in [0.25, 0.3) is 0 Å². The minimum atomic E-state index is -0.712. The van der Waals surface area contributed by atoms with E-state index >= 15 is 0 Å². The van der Waals surface area contributed by atoms with Crippen molar-refractivity contribution in [1.29, 1.82) is 0 Å². The third kappa shape index (κ3) is 8.55. The number of amides is 3. The number of fused-ring (bicyclic) bond motifs is 2. The topological polar surface area (TPSA) is 122 Å². The molecule has 0 saturated heterocycles. The maximum Gasteiger partial charge on any atom is 0.245 e. The monoisotopic (exact) mass is 575 g/mol. The number of rotatable bonds is 14. The largest absolute Gasteiger partial charge is 0.344 e. The van der Waals surface area contributed by atoms with E-state index in [9.17, 15) is 14.4 Å². The minimum Gasteiger partial charge on any atom is -0.344 e. The van der Waals surface area contributed by atoms with E-state index in [1.165, 1.54) is 0 Å². The zero-order chi connectivity index (χ0) is 29.0. The Morgan fingerprint density at radius 2 is 1.63 bits per heavy atom. The zero-order valence-corrected chi connectivity index (χ0v) is 24.4. The van der Waals surface area contributed by atoms with E-state index in [0.29, 0.717) is 64.8 Å². The Balaban J connectivity index is 1.45. The fraction of sp³-hybridized carbons (Fsp3) is 0.406. The molecule has 1 aliphatic rings. The van der Waals surface area contributed by atoms with Gasteiger partial charge in [0.15, 0.2) is 0 Å². The van der Waals surface area contributed by atoms with Crippen molar-refractivity contribution in [2.45, 2.75) is 49.5 Å². The molecule has 4 rings (SSSR count). The lowest BCUT2D eigenvalue weighted by Gasteiger charge is -2.28. The molecule has 1 atom stereocenters. The van der Waals surface area contributed by atoms with Gasteiger partial charge in [0.2, 0.25) is 17.7 Å². The van der Waals surface area contributed by atoms with Crippen LogP contribution in [0.25, 0.3) is 10.8 Å². The van der Waals surface area contributed by atoms with Crippen LogP contribution in [0.15, 0.2) is 71.6 Å². The van der Waals surface area contributed by atoms with Crippen LogP contribution in [0.1, 0.15) is 37.7 Å². The summed E-state index contributed by atoms with van der Waals surface area (Å²) in [6, 6.07) is 21.4. The summed E-state index contributed by atoms with van der Waals surface area (Å²) in [5, 5.41) is 5.24. The number of carbonyl (C=O) groups is 3. The van der Waals surface area contributed by atoms with Crippen LogP contribution in [-0.4, -0.2) is 67.1 Å². The summed E-state index contributed by atoms with van der Waals surface area (Å²) >= 11 is 1.68. The van der Waals surface area contributed by atoms with Gasteiger partial charge in [-0.25, -0.2) is 0 Å². The summed E-state index contributed by atoms with van der Waals surface area (Å²) in [5.41, 5.74) is 13.4. The van der Waals surface area contributed by atoms with Crippen molar-refractivity contribution in [1.82, 2.24) is 10.2 Å². The van der Waals surface area contributed by atoms with E-state index in [0.717, 1.165) is 32.7 Å². The van der Waals surface area contributed by atoms with Crippen molar-refractivity contribution < 1.29 is 14.4 Å². The highest BCUT2D eigenvalue weighted by atomic mass is 32.2. The number of thioether (sulfide) groups is 1. The van der Waals surface area contributed by atoms with Crippen LogP contribution in [-0.2, 0) is 20.8 Å². The summed E-state index contributed by atoms with van der Waals surface area (Å²) in [6.07, 6.45) is 2.92. The minimum absolute atomic E-state index is 0.0719. The molecule has 41 heavy (non-hydrogen) atoms. The average molecular weight is 576 g/mol. The molecule has 0 bridgehead atoms. The van der Waals surface area contributed by atoms with Gasteiger partial charge in [-0.2, -0.15) is 0 Å². The number of nitrogens with zero attached hydrogens (tertiary/aromatic N) is 2. The van der Waals surface area contributed by atoms with Crippen LogP contribution in [0.4, 0.5) is 5.69 Å². The Kier molecular flexibility index (Phi) is 11.6. The fourth-order valence-corrected chi connectivity index (χ4v) is 6.15. The lowest BCUT2D eigenvalue weighted by Crippen LogP contribution is -2.50. The van der Waals surface area contributed by atoms with E-state index in [4.69, 9.17) is 11.5 Å². The molecule has 0 aromatic heterocycles. The number of hydrogen-bond donors (Lipinski definition) is 3. The van der Waals surface area contributed by atoms with Crippen LogP contribution < -0.4 is 21.7 Å². The molecule has 3 aromatic rings. The Labute approximate surface area is 246 Å². The van der Waals surface area contributed by atoms with Crippen molar-refractivity contribution in [3.8, 4) is 0 Å². The third-order valence-corrected chi connectivity index (χ3v) is 8.34.